The lowest BCUT2D eigenvalue weighted by molar-refractivity contribution is -0.156. The fraction of sp³-hybridized carbons (Fsp3) is 0.611. The molecule has 0 amide bonds. The second kappa shape index (κ2) is 6.91. The Morgan fingerprint density at radius 1 is 1.25 bits per heavy atom. The minimum Gasteiger partial charge on any atom is -0.466 e. The number of ether oxygens (including phenoxy) is 3. The maximum atomic E-state index is 13.2. The van der Waals surface area contributed by atoms with E-state index in [1.54, 1.807) is 20.8 Å². The molecule has 10 nitrogen and oxygen atoms in total. The van der Waals surface area contributed by atoms with Crippen LogP contribution in [0.25, 0.3) is 0 Å². The normalized spacial score (nSPS) is 29.5. The molecule has 1 aromatic rings. The summed E-state index contributed by atoms with van der Waals surface area (Å²) in [6.07, 6.45) is 0.230. The monoisotopic (exact) mass is 390 g/mol. The standard InChI is InChI=1S/C18H22N4O6/c1-5-26-14(24)12-17(10(4)23)15(27-6-2)21-13-11(8-19)9-20-22(13)18(12,17)16(25)28-7-3/h9,12,15,21H,5-7H2,1-4H3. The average molecular weight is 390 g/mol. The molecule has 0 bridgehead atoms. The van der Waals surface area contributed by atoms with Crippen molar-refractivity contribution in [3.8, 4) is 6.07 Å². The fourth-order valence-corrected chi connectivity index (χ4v) is 4.40. The van der Waals surface area contributed by atoms with Crippen molar-refractivity contribution in [3.05, 3.63) is 11.8 Å². The first-order chi connectivity index (χ1) is 13.4. The Labute approximate surface area is 161 Å². The van der Waals surface area contributed by atoms with E-state index in [0.29, 0.717) is 0 Å². The Morgan fingerprint density at radius 2 is 1.93 bits per heavy atom. The highest BCUT2D eigenvalue weighted by Crippen LogP contribution is 2.73. The Balaban J connectivity index is 2.33. The highest BCUT2D eigenvalue weighted by atomic mass is 16.5. The van der Waals surface area contributed by atoms with E-state index in [2.05, 4.69) is 10.4 Å². The second-order valence-electron chi connectivity index (χ2n) is 6.51. The molecule has 2 aliphatic rings. The van der Waals surface area contributed by atoms with E-state index in [-0.39, 0.29) is 31.2 Å². The van der Waals surface area contributed by atoms with Gasteiger partial charge in [-0.15, -0.1) is 0 Å². The summed E-state index contributed by atoms with van der Waals surface area (Å²) >= 11 is 0. The van der Waals surface area contributed by atoms with Gasteiger partial charge >= 0.3 is 11.9 Å². The molecule has 1 fully saturated rings. The van der Waals surface area contributed by atoms with Gasteiger partial charge in [-0.1, -0.05) is 0 Å². The third-order valence-electron chi connectivity index (χ3n) is 5.35. The van der Waals surface area contributed by atoms with Crippen LogP contribution in [0.4, 0.5) is 5.82 Å². The van der Waals surface area contributed by atoms with Gasteiger partial charge in [0, 0.05) is 6.61 Å². The third-order valence-corrected chi connectivity index (χ3v) is 5.35. The minimum atomic E-state index is -1.78. The van der Waals surface area contributed by atoms with Crippen LogP contribution in [0.15, 0.2) is 6.20 Å². The zero-order valence-electron chi connectivity index (χ0n) is 16.1. The summed E-state index contributed by atoms with van der Waals surface area (Å²) in [7, 11) is 0. The summed E-state index contributed by atoms with van der Waals surface area (Å²) < 4.78 is 17.4. The molecule has 10 heteroatoms. The largest absolute Gasteiger partial charge is 0.466 e. The minimum absolute atomic E-state index is 0.0402. The zero-order chi connectivity index (χ0) is 20.7. The van der Waals surface area contributed by atoms with Crippen molar-refractivity contribution in [2.24, 2.45) is 11.3 Å². The molecule has 0 saturated heterocycles. The summed E-state index contributed by atoms with van der Waals surface area (Å²) in [5.41, 5.74) is -3.23. The highest BCUT2D eigenvalue weighted by molar-refractivity contribution is 6.09. The van der Waals surface area contributed by atoms with Gasteiger partial charge in [0.2, 0.25) is 0 Å². The summed E-state index contributed by atoms with van der Waals surface area (Å²) in [4.78, 5) is 39.0. The lowest BCUT2D eigenvalue weighted by Gasteiger charge is -2.35. The number of Topliss-reactive ketones (excluding diaryl/α,β-unsaturated/α-hetero) is 1. The molecule has 1 saturated carbocycles. The van der Waals surface area contributed by atoms with Crippen molar-refractivity contribution in [3.63, 3.8) is 0 Å². The van der Waals surface area contributed by atoms with Crippen LogP contribution in [-0.4, -0.2) is 53.6 Å². The summed E-state index contributed by atoms with van der Waals surface area (Å²) in [6.45, 7) is 6.59. The molecule has 28 heavy (non-hydrogen) atoms. The van der Waals surface area contributed by atoms with Gasteiger partial charge in [-0.2, -0.15) is 10.4 Å². The molecule has 4 atom stereocenters. The Hall–Kier alpha value is -2.93. The van der Waals surface area contributed by atoms with E-state index >= 15 is 0 Å². The average Bonchev–Trinajstić information content (AvgIpc) is 3.15. The number of rotatable bonds is 7. The molecule has 150 valence electrons. The van der Waals surface area contributed by atoms with E-state index in [9.17, 15) is 19.6 Å². The lowest BCUT2D eigenvalue weighted by Crippen LogP contribution is -2.52. The van der Waals surface area contributed by atoms with Gasteiger partial charge in [-0.05, 0) is 27.7 Å². The summed E-state index contributed by atoms with van der Waals surface area (Å²) in [5, 5.41) is 16.5. The van der Waals surface area contributed by atoms with E-state index in [4.69, 9.17) is 14.2 Å². The van der Waals surface area contributed by atoms with Gasteiger partial charge in [-0.3, -0.25) is 9.59 Å². The number of anilines is 1. The summed E-state index contributed by atoms with van der Waals surface area (Å²) in [5.74, 6) is -2.96. The molecule has 4 unspecified atom stereocenters. The third kappa shape index (κ3) is 2.16. The van der Waals surface area contributed by atoms with Crippen LogP contribution in [0.1, 0.15) is 33.3 Å². The fourth-order valence-electron chi connectivity index (χ4n) is 4.40. The van der Waals surface area contributed by atoms with Crippen LogP contribution in [0.2, 0.25) is 0 Å². The smallest absolute Gasteiger partial charge is 0.336 e. The first kappa shape index (κ1) is 19.8. The molecule has 1 aliphatic heterocycles. The number of carbonyl (C=O) groups is 3. The maximum Gasteiger partial charge on any atom is 0.336 e. The number of nitriles is 1. The number of carbonyl (C=O) groups excluding carboxylic acids is 3. The zero-order valence-corrected chi connectivity index (χ0v) is 16.1. The van der Waals surface area contributed by atoms with Crippen LogP contribution < -0.4 is 5.32 Å². The number of hydrogen-bond acceptors (Lipinski definition) is 9. The SMILES string of the molecule is CCOC(=O)C1C2(C(C)=O)C(OCC)Nc3c(C#N)cnn3C12C(=O)OCC. The molecule has 1 aliphatic carbocycles. The van der Waals surface area contributed by atoms with Crippen LogP contribution >= 0.6 is 0 Å². The molecule has 3 rings (SSSR count). The van der Waals surface area contributed by atoms with Crippen molar-refractivity contribution < 1.29 is 28.6 Å². The van der Waals surface area contributed by atoms with Crippen LogP contribution in [0.5, 0.6) is 0 Å². The second-order valence-corrected chi connectivity index (χ2v) is 6.51. The highest BCUT2D eigenvalue weighted by Gasteiger charge is 2.94. The van der Waals surface area contributed by atoms with Crippen molar-refractivity contribution in [2.45, 2.75) is 39.5 Å². The molecule has 0 spiro atoms. The predicted octanol–water partition coefficient (Wildman–Crippen LogP) is 0.570. The van der Waals surface area contributed by atoms with Crippen LogP contribution in [0, 0.1) is 22.7 Å². The lowest BCUT2D eigenvalue weighted by atomic mass is 9.90. The Morgan fingerprint density at radius 3 is 2.46 bits per heavy atom. The first-order valence-corrected chi connectivity index (χ1v) is 9.10. The van der Waals surface area contributed by atoms with Crippen molar-refractivity contribution in [1.82, 2.24) is 9.78 Å². The number of fused-ring (bicyclic) bond motifs is 3. The molecule has 0 aromatic carbocycles. The van der Waals surface area contributed by atoms with Crippen LogP contribution in [-0.2, 0) is 34.1 Å². The number of nitrogens with zero attached hydrogens (tertiary/aromatic N) is 3. The predicted molar refractivity (Wildman–Crippen MR) is 93.8 cm³/mol. The quantitative estimate of drug-likeness (QED) is 0.663. The molecular formula is C18H22N4O6. The van der Waals surface area contributed by atoms with E-state index < -0.39 is 40.8 Å². The number of hydrogen-bond donors (Lipinski definition) is 1. The van der Waals surface area contributed by atoms with Crippen molar-refractivity contribution in [2.75, 3.05) is 25.1 Å². The Bertz CT molecular complexity index is 874. The molecule has 1 N–H and O–H groups in total. The molecule has 2 heterocycles. The van der Waals surface area contributed by atoms with Gasteiger partial charge < -0.3 is 19.5 Å². The van der Waals surface area contributed by atoms with Crippen LogP contribution in [0.3, 0.4) is 0 Å². The van der Waals surface area contributed by atoms with Gasteiger partial charge in [-0.25, -0.2) is 9.48 Å². The van der Waals surface area contributed by atoms with Crippen molar-refractivity contribution >= 4 is 23.5 Å². The molecule has 0 radical (unpaired) electrons. The van der Waals surface area contributed by atoms with Crippen molar-refractivity contribution in [1.29, 1.82) is 5.26 Å². The van der Waals surface area contributed by atoms with Gasteiger partial charge in [0.05, 0.1) is 19.4 Å². The van der Waals surface area contributed by atoms with E-state index in [1.165, 1.54) is 17.8 Å². The Kier molecular flexibility index (Phi) is 4.89. The van der Waals surface area contributed by atoms with Gasteiger partial charge in [0.25, 0.3) is 0 Å². The topological polar surface area (TPSA) is 133 Å². The number of ketones is 1. The number of aromatic nitrogens is 2. The van der Waals surface area contributed by atoms with E-state index in [0.717, 1.165) is 0 Å². The number of nitrogens with one attached hydrogen (secondary N) is 1. The van der Waals surface area contributed by atoms with Gasteiger partial charge in [0.1, 0.15) is 40.8 Å². The number of esters is 2. The van der Waals surface area contributed by atoms with Gasteiger partial charge in [0.15, 0.2) is 5.54 Å². The molecular weight excluding hydrogens is 368 g/mol. The maximum absolute atomic E-state index is 13.2. The van der Waals surface area contributed by atoms with E-state index in [1.807, 2.05) is 6.07 Å². The summed E-state index contributed by atoms with van der Waals surface area (Å²) in [6, 6.07) is 1.98. The first-order valence-electron chi connectivity index (χ1n) is 9.10. The molecule has 1 aromatic heterocycles.